The highest BCUT2D eigenvalue weighted by Gasteiger charge is 2.33. The van der Waals surface area contributed by atoms with E-state index in [0.29, 0.717) is 23.4 Å². The fraction of sp³-hybridized carbons (Fsp3) is 0.414. The summed E-state index contributed by atoms with van der Waals surface area (Å²) in [4.78, 5) is 30.7. The monoisotopic (exact) mass is 560 g/mol. The number of carbonyl (C=O) groups excluding carboxylic acids is 1. The van der Waals surface area contributed by atoms with Crippen LogP contribution in [0.15, 0.2) is 48.8 Å². The molecule has 1 aromatic heterocycles. The molecule has 41 heavy (non-hydrogen) atoms. The van der Waals surface area contributed by atoms with Crippen molar-refractivity contribution in [1.29, 1.82) is 5.26 Å². The number of halogens is 1. The summed E-state index contributed by atoms with van der Waals surface area (Å²) in [6.07, 6.45) is -0.607. The third-order valence-corrected chi connectivity index (χ3v) is 7.46. The molecule has 2 N–H and O–H groups in total. The number of amides is 1. The maximum absolute atomic E-state index is 14.7. The number of piperazine rings is 1. The number of benzene rings is 2. The number of hydrogen-bond donors (Lipinski definition) is 2. The number of likely N-dealkylation sites (tertiary alicyclic amines) is 1. The lowest BCUT2D eigenvalue weighted by Crippen LogP contribution is -2.50. The van der Waals surface area contributed by atoms with Gasteiger partial charge in [0.15, 0.2) is 12.0 Å². The van der Waals surface area contributed by atoms with Crippen molar-refractivity contribution in [2.45, 2.75) is 31.7 Å². The molecule has 2 saturated heterocycles. The van der Waals surface area contributed by atoms with Crippen molar-refractivity contribution in [3.05, 3.63) is 54.4 Å². The van der Waals surface area contributed by atoms with E-state index in [-0.39, 0.29) is 30.8 Å². The van der Waals surface area contributed by atoms with Gasteiger partial charge in [0.1, 0.15) is 30.9 Å². The van der Waals surface area contributed by atoms with Gasteiger partial charge in [-0.1, -0.05) is 0 Å². The molecule has 3 aromatic rings. The summed E-state index contributed by atoms with van der Waals surface area (Å²) in [6.45, 7) is 4.71. The highest BCUT2D eigenvalue weighted by atomic mass is 19.1. The molecular weight excluding hydrogens is 527 g/mol. The van der Waals surface area contributed by atoms with Gasteiger partial charge in [-0.3, -0.25) is 4.79 Å². The van der Waals surface area contributed by atoms with Crippen LogP contribution in [0.2, 0.25) is 0 Å². The minimum Gasteiger partial charge on any atom is -0.486 e. The largest absolute Gasteiger partial charge is 0.486 e. The smallest absolute Gasteiger partial charge is 0.248 e. The number of carbonyl (C=O) groups is 1. The van der Waals surface area contributed by atoms with Crippen molar-refractivity contribution >= 4 is 23.2 Å². The fourth-order valence-corrected chi connectivity index (χ4v) is 5.25. The number of piperidine rings is 1. The van der Waals surface area contributed by atoms with E-state index < -0.39 is 24.8 Å². The Bertz CT molecular complexity index is 1420. The van der Waals surface area contributed by atoms with Crippen LogP contribution in [0.4, 0.5) is 21.7 Å². The first-order valence-corrected chi connectivity index (χ1v) is 13.6. The van der Waals surface area contributed by atoms with E-state index in [2.05, 4.69) is 62.2 Å². The lowest BCUT2D eigenvalue weighted by molar-refractivity contribution is -0.138. The van der Waals surface area contributed by atoms with Crippen LogP contribution in [0, 0.1) is 11.3 Å². The van der Waals surface area contributed by atoms with E-state index in [1.54, 1.807) is 18.2 Å². The number of alkyl halides is 1. The molecule has 0 bridgehead atoms. The molecule has 3 heterocycles. The number of aliphatic hydroxyl groups is 1. The van der Waals surface area contributed by atoms with Gasteiger partial charge in [-0.05, 0) is 56.4 Å². The molecule has 0 spiro atoms. The van der Waals surface area contributed by atoms with Crippen molar-refractivity contribution < 1.29 is 19.0 Å². The Hall–Kier alpha value is -4.34. The molecule has 11 nitrogen and oxygen atoms in total. The van der Waals surface area contributed by atoms with Crippen LogP contribution in [0.3, 0.4) is 0 Å². The summed E-state index contributed by atoms with van der Waals surface area (Å²) in [5, 5.41) is 22.0. The number of rotatable bonds is 7. The zero-order chi connectivity index (χ0) is 28.9. The van der Waals surface area contributed by atoms with Crippen molar-refractivity contribution in [3.63, 3.8) is 0 Å². The SMILES string of the molecule is CC1CN(C)CCN1c1ccc(Nc2ncnc(-c3ccc(OC4CCN(C(=O)CO)CC4F)c(C#N)c3)n2)cc1. The molecule has 0 saturated carbocycles. The molecular formula is C29H33FN8O3. The Labute approximate surface area is 238 Å². The average Bonchev–Trinajstić information content (AvgIpc) is 2.98. The van der Waals surface area contributed by atoms with Crippen molar-refractivity contribution in [2.24, 2.45) is 0 Å². The molecule has 1 amide bonds. The van der Waals surface area contributed by atoms with Gasteiger partial charge < -0.3 is 29.9 Å². The second kappa shape index (κ2) is 12.4. The summed E-state index contributed by atoms with van der Waals surface area (Å²) in [5.74, 6) is 0.455. The Balaban J connectivity index is 1.25. The Morgan fingerprint density at radius 1 is 1.17 bits per heavy atom. The molecule has 0 radical (unpaired) electrons. The Morgan fingerprint density at radius 2 is 1.98 bits per heavy atom. The molecule has 12 heteroatoms. The van der Waals surface area contributed by atoms with Gasteiger partial charge >= 0.3 is 0 Å². The zero-order valence-electron chi connectivity index (χ0n) is 23.1. The third kappa shape index (κ3) is 6.53. The van der Waals surface area contributed by atoms with E-state index in [1.165, 1.54) is 16.9 Å². The third-order valence-electron chi connectivity index (χ3n) is 7.46. The fourth-order valence-electron chi connectivity index (χ4n) is 5.25. The minimum atomic E-state index is -1.44. The number of nitrogens with one attached hydrogen (secondary N) is 1. The highest BCUT2D eigenvalue weighted by Crippen LogP contribution is 2.29. The number of aliphatic hydroxyl groups excluding tert-OH is 1. The standard InChI is InChI=1S/C29H33FN8O3/c1-19-15-36(2)11-12-38(19)23-6-4-22(5-7-23)34-29-33-18-32-28(35-29)20-3-8-25(21(13-20)14-31)41-26-9-10-37(16-24(26)30)27(40)17-39/h3-8,13,18-19,24,26,39H,9-12,15-17H2,1-2H3,(H,32,33,34,35). The molecule has 3 unspecified atom stereocenters. The van der Waals surface area contributed by atoms with Crippen LogP contribution in [0.25, 0.3) is 11.4 Å². The molecule has 0 aliphatic carbocycles. The quantitative estimate of drug-likeness (QED) is 0.445. The van der Waals surface area contributed by atoms with Gasteiger partial charge in [0, 0.05) is 55.6 Å². The molecule has 2 aliphatic rings. The van der Waals surface area contributed by atoms with Crippen LogP contribution >= 0.6 is 0 Å². The van der Waals surface area contributed by atoms with E-state index >= 15 is 0 Å². The normalized spacial score (nSPS) is 21.3. The lowest BCUT2D eigenvalue weighted by atomic mass is 10.0. The van der Waals surface area contributed by atoms with Gasteiger partial charge in [-0.15, -0.1) is 0 Å². The number of ether oxygens (including phenoxy) is 1. The van der Waals surface area contributed by atoms with Crippen LogP contribution in [0.1, 0.15) is 18.9 Å². The topological polar surface area (TPSA) is 131 Å². The summed E-state index contributed by atoms with van der Waals surface area (Å²) in [6, 6.07) is 15.6. The number of likely N-dealkylation sites (N-methyl/N-ethyl adjacent to an activating group) is 1. The van der Waals surface area contributed by atoms with Crippen LogP contribution in [0.5, 0.6) is 5.75 Å². The molecule has 2 fully saturated rings. The second-order valence-corrected chi connectivity index (χ2v) is 10.4. The van der Waals surface area contributed by atoms with Crippen molar-refractivity contribution in [1.82, 2.24) is 24.8 Å². The van der Waals surface area contributed by atoms with Crippen molar-refractivity contribution in [3.8, 4) is 23.2 Å². The maximum atomic E-state index is 14.7. The van der Waals surface area contributed by atoms with E-state index in [1.807, 2.05) is 12.1 Å². The first kappa shape index (κ1) is 28.2. The van der Waals surface area contributed by atoms with Gasteiger partial charge in [0.2, 0.25) is 11.9 Å². The number of anilines is 3. The highest BCUT2D eigenvalue weighted by molar-refractivity contribution is 5.77. The minimum absolute atomic E-state index is 0.164. The Kier molecular flexibility index (Phi) is 8.56. The first-order valence-electron chi connectivity index (χ1n) is 13.6. The second-order valence-electron chi connectivity index (χ2n) is 10.4. The summed E-state index contributed by atoms with van der Waals surface area (Å²) in [5.41, 5.74) is 2.80. The number of hydrogen-bond acceptors (Lipinski definition) is 10. The van der Waals surface area contributed by atoms with E-state index in [0.717, 1.165) is 25.3 Å². The summed E-state index contributed by atoms with van der Waals surface area (Å²) >= 11 is 0. The number of nitriles is 1. The molecule has 5 rings (SSSR count). The van der Waals surface area contributed by atoms with Crippen LogP contribution in [-0.2, 0) is 4.79 Å². The van der Waals surface area contributed by atoms with Gasteiger partial charge in [-0.2, -0.15) is 10.2 Å². The molecule has 2 aromatic carbocycles. The first-order chi connectivity index (χ1) is 19.8. The van der Waals surface area contributed by atoms with Gasteiger partial charge in [0.05, 0.1) is 12.1 Å². The van der Waals surface area contributed by atoms with Crippen molar-refractivity contribution in [2.75, 3.05) is 56.6 Å². The maximum Gasteiger partial charge on any atom is 0.248 e. The molecule has 2 aliphatic heterocycles. The lowest BCUT2D eigenvalue weighted by Gasteiger charge is -2.39. The summed E-state index contributed by atoms with van der Waals surface area (Å²) < 4.78 is 20.6. The predicted octanol–water partition coefficient (Wildman–Crippen LogP) is 2.60. The van der Waals surface area contributed by atoms with E-state index in [4.69, 9.17) is 9.84 Å². The summed E-state index contributed by atoms with van der Waals surface area (Å²) in [7, 11) is 2.14. The Morgan fingerprint density at radius 3 is 2.68 bits per heavy atom. The predicted molar refractivity (Wildman–Crippen MR) is 152 cm³/mol. The van der Waals surface area contributed by atoms with Gasteiger partial charge in [-0.25, -0.2) is 14.4 Å². The van der Waals surface area contributed by atoms with Crippen LogP contribution < -0.4 is 15.0 Å². The van der Waals surface area contributed by atoms with Crippen LogP contribution in [-0.4, -0.2) is 100 Å². The van der Waals surface area contributed by atoms with Gasteiger partial charge in [0.25, 0.3) is 0 Å². The van der Waals surface area contributed by atoms with E-state index in [9.17, 15) is 14.4 Å². The number of aromatic nitrogens is 3. The number of nitrogens with zero attached hydrogens (tertiary/aromatic N) is 7. The zero-order valence-corrected chi connectivity index (χ0v) is 23.1. The molecule has 3 atom stereocenters. The molecule has 214 valence electrons. The average molecular weight is 561 g/mol.